The predicted molar refractivity (Wildman–Crippen MR) is 111 cm³/mol. The maximum absolute atomic E-state index is 10.4. The molecule has 0 radical (unpaired) electrons. The van der Waals surface area contributed by atoms with Gasteiger partial charge in [-0.1, -0.05) is 36.8 Å². The molecule has 1 unspecified atom stereocenters. The van der Waals surface area contributed by atoms with Gasteiger partial charge in [-0.05, 0) is 55.7 Å². The Balaban J connectivity index is 1.50. The quantitative estimate of drug-likeness (QED) is 0.268. The van der Waals surface area contributed by atoms with E-state index in [2.05, 4.69) is 51.2 Å². The molecule has 0 saturated carbocycles. The Morgan fingerprint density at radius 3 is 2.67 bits per heavy atom. The number of hydrogen-bond acceptors (Lipinski definition) is 5. The van der Waals surface area contributed by atoms with Crippen LogP contribution in [0.25, 0.3) is 0 Å². The fraction of sp³-hybridized carbons (Fsp3) is 0.450. The number of thioether (sulfide) groups is 1. The zero-order valence-corrected chi connectivity index (χ0v) is 17.3. The summed E-state index contributed by atoms with van der Waals surface area (Å²) in [6.45, 7) is 1.70. The van der Waals surface area contributed by atoms with E-state index in [0.717, 1.165) is 18.0 Å². The van der Waals surface area contributed by atoms with Gasteiger partial charge in [-0.15, -0.1) is 21.2 Å². The standard InChI is InChI=1S/C20H27N2O3PS/c23-26(24)25-14-7-13-21-16-19-11-12-20(17-22-19)27-15-6-2-5-10-18-8-3-1-4-9-18/h1,3-4,8-9,11-12,17,21H,2,5-7,10,13-16H2/p+1. The van der Waals surface area contributed by atoms with Crippen LogP contribution in [0.5, 0.6) is 0 Å². The number of nitrogens with one attached hydrogen (secondary N) is 1. The van der Waals surface area contributed by atoms with Crippen LogP contribution in [0.1, 0.15) is 36.9 Å². The van der Waals surface area contributed by atoms with Gasteiger partial charge in [0.1, 0.15) is 6.61 Å². The molecule has 1 aromatic heterocycles. The van der Waals surface area contributed by atoms with E-state index in [-0.39, 0.29) is 6.61 Å². The molecule has 0 aliphatic heterocycles. The first-order valence-corrected chi connectivity index (χ1v) is 11.5. The van der Waals surface area contributed by atoms with Crippen LogP contribution in [0.15, 0.2) is 53.6 Å². The summed E-state index contributed by atoms with van der Waals surface area (Å²) in [6, 6.07) is 14.8. The molecule has 0 aliphatic rings. The zero-order chi connectivity index (χ0) is 19.2. The average molecular weight is 407 g/mol. The molecule has 0 spiro atoms. The van der Waals surface area contributed by atoms with E-state index < -0.39 is 8.25 Å². The van der Waals surface area contributed by atoms with Crippen LogP contribution in [-0.2, 0) is 22.1 Å². The molecule has 2 aromatic rings. The van der Waals surface area contributed by atoms with E-state index in [1.54, 1.807) is 0 Å². The Labute approximate surface area is 166 Å². The molecule has 1 heterocycles. The molecular formula is C20H28N2O3PS+. The van der Waals surface area contributed by atoms with Gasteiger partial charge < -0.3 is 5.32 Å². The smallest absolute Gasteiger partial charge is 0.311 e. The number of aromatic nitrogens is 1. The SMILES string of the molecule is O=[P+](O)OCCCNCc1ccc(SCCCCCc2ccccc2)cn1. The first kappa shape index (κ1) is 22.0. The molecule has 0 amide bonds. The van der Waals surface area contributed by atoms with E-state index >= 15 is 0 Å². The molecule has 7 heteroatoms. The number of nitrogens with zero attached hydrogens (tertiary/aromatic N) is 1. The van der Waals surface area contributed by atoms with Gasteiger partial charge in [-0.2, -0.15) is 0 Å². The molecule has 5 nitrogen and oxygen atoms in total. The lowest BCUT2D eigenvalue weighted by Gasteiger charge is -2.05. The topological polar surface area (TPSA) is 71.5 Å². The molecule has 1 aromatic carbocycles. The number of benzene rings is 1. The van der Waals surface area contributed by atoms with Crippen molar-refractivity contribution in [3.63, 3.8) is 0 Å². The minimum atomic E-state index is -2.48. The fourth-order valence-electron chi connectivity index (χ4n) is 2.60. The minimum Gasteiger partial charge on any atom is -0.311 e. The van der Waals surface area contributed by atoms with Crippen molar-refractivity contribution in [1.82, 2.24) is 10.3 Å². The highest BCUT2D eigenvalue weighted by molar-refractivity contribution is 7.99. The monoisotopic (exact) mass is 407 g/mol. The maximum Gasteiger partial charge on any atom is 0.694 e. The molecule has 0 bridgehead atoms. The largest absolute Gasteiger partial charge is 0.694 e. The molecular weight excluding hydrogens is 379 g/mol. The second-order valence-electron chi connectivity index (χ2n) is 6.23. The van der Waals surface area contributed by atoms with Gasteiger partial charge in [0.15, 0.2) is 0 Å². The highest BCUT2D eigenvalue weighted by Crippen LogP contribution is 2.19. The zero-order valence-electron chi connectivity index (χ0n) is 15.5. The third-order valence-corrected chi connectivity index (χ3v) is 5.50. The maximum atomic E-state index is 10.4. The molecule has 1 atom stereocenters. The molecule has 146 valence electrons. The van der Waals surface area contributed by atoms with Crippen molar-refractivity contribution in [2.75, 3.05) is 18.9 Å². The summed E-state index contributed by atoms with van der Waals surface area (Å²) in [7, 11) is -2.48. The second kappa shape index (κ2) is 13.8. The van der Waals surface area contributed by atoms with E-state index in [4.69, 9.17) is 4.89 Å². The van der Waals surface area contributed by atoms with Crippen LogP contribution in [0, 0.1) is 0 Å². The summed E-state index contributed by atoms with van der Waals surface area (Å²) in [6.07, 6.45) is 7.52. The van der Waals surface area contributed by atoms with Gasteiger partial charge in [0, 0.05) is 22.2 Å². The summed E-state index contributed by atoms with van der Waals surface area (Å²) in [5, 5.41) is 3.25. The second-order valence-corrected chi connectivity index (χ2v) is 8.13. The van der Waals surface area contributed by atoms with Crippen LogP contribution in [0.2, 0.25) is 0 Å². The predicted octanol–water partition coefficient (Wildman–Crippen LogP) is 4.73. The van der Waals surface area contributed by atoms with Crippen molar-refractivity contribution < 1.29 is 14.0 Å². The molecule has 0 saturated heterocycles. The number of pyridine rings is 1. The summed E-state index contributed by atoms with van der Waals surface area (Å²) in [5.41, 5.74) is 2.42. The average Bonchev–Trinajstić information content (AvgIpc) is 2.69. The van der Waals surface area contributed by atoms with Gasteiger partial charge >= 0.3 is 8.25 Å². The van der Waals surface area contributed by atoms with Crippen LogP contribution in [0.3, 0.4) is 0 Å². The van der Waals surface area contributed by atoms with Crippen LogP contribution in [-0.4, -0.2) is 28.8 Å². The van der Waals surface area contributed by atoms with Crippen LogP contribution in [0.4, 0.5) is 0 Å². The number of hydrogen-bond donors (Lipinski definition) is 2. The molecule has 2 N–H and O–H groups in total. The Hall–Kier alpha value is -1.30. The number of rotatable bonds is 14. The van der Waals surface area contributed by atoms with Gasteiger partial charge in [0.2, 0.25) is 0 Å². The van der Waals surface area contributed by atoms with E-state index in [0.29, 0.717) is 13.0 Å². The van der Waals surface area contributed by atoms with Crippen molar-refractivity contribution in [2.45, 2.75) is 43.5 Å². The lowest BCUT2D eigenvalue weighted by Crippen LogP contribution is -2.16. The lowest BCUT2D eigenvalue weighted by atomic mass is 10.1. The first-order chi connectivity index (χ1) is 13.2. The minimum absolute atomic E-state index is 0.285. The lowest BCUT2D eigenvalue weighted by molar-refractivity contribution is 0.276. The van der Waals surface area contributed by atoms with E-state index in [1.165, 1.54) is 36.1 Å². The van der Waals surface area contributed by atoms with Gasteiger partial charge in [0.25, 0.3) is 0 Å². The van der Waals surface area contributed by atoms with Gasteiger partial charge in [0.05, 0.1) is 5.69 Å². The third-order valence-electron chi connectivity index (χ3n) is 4.02. The van der Waals surface area contributed by atoms with E-state index in [9.17, 15) is 4.57 Å². The number of aryl methyl sites for hydroxylation is 1. The Kier molecular flexibility index (Phi) is 11.2. The highest BCUT2D eigenvalue weighted by Gasteiger charge is 2.09. The van der Waals surface area contributed by atoms with Crippen LogP contribution < -0.4 is 5.32 Å². The fourth-order valence-corrected chi connectivity index (χ4v) is 3.76. The third kappa shape index (κ3) is 10.6. The molecule has 2 rings (SSSR count). The Morgan fingerprint density at radius 1 is 1.07 bits per heavy atom. The van der Waals surface area contributed by atoms with E-state index in [1.807, 2.05) is 24.0 Å². The van der Waals surface area contributed by atoms with Crippen molar-refractivity contribution in [2.24, 2.45) is 0 Å². The van der Waals surface area contributed by atoms with Gasteiger partial charge in [-0.25, -0.2) is 0 Å². The first-order valence-electron chi connectivity index (χ1n) is 9.35. The Bertz CT molecular complexity index is 656. The molecule has 27 heavy (non-hydrogen) atoms. The normalized spacial score (nSPS) is 11.5. The van der Waals surface area contributed by atoms with Crippen molar-refractivity contribution in [1.29, 1.82) is 0 Å². The van der Waals surface area contributed by atoms with Crippen molar-refractivity contribution in [3.8, 4) is 0 Å². The Morgan fingerprint density at radius 2 is 1.93 bits per heavy atom. The highest BCUT2D eigenvalue weighted by atomic mass is 32.2. The molecule has 0 aliphatic carbocycles. The summed E-state index contributed by atoms with van der Waals surface area (Å²) >= 11 is 1.86. The number of unbranched alkanes of at least 4 members (excludes halogenated alkanes) is 2. The van der Waals surface area contributed by atoms with Gasteiger partial charge in [-0.3, -0.25) is 4.98 Å². The van der Waals surface area contributed by atoms with Crippen molar-refractivity contribution >= 4 is 20.0 Å². The molecule has 0 fully saturated rings. The summed E-state index contributed by atoms with van der Waals surface area (Å²) in [4.78, 5) is 14.2. The summed E-state index contributed by atoms with van der Waals surface area (Å²) in [5.74, 6) is 1.13. The van der Waals surface area contributed by atoms with Crippen molar-refractivity contribution in [3.05, 3.63) is 59.9 Å². The summed E-state index contributed by atoms with van der Waals surface area (Å²) < 4.78 is 15.0. The van der Waals surface area contributed by atoms with Crippen LogP contribution >= 0.6 is 20.0 Å².